The Labute approximate surface area is 267 Å². The second-order valence-electron chi connectivity index (χ2n) is 11.5. The minimum absolute atomic E-state index is 0.00241. The van der Waals surface area contributed by atoms with E-state index in [0.29, 0.717) is 0 Å². The van der Waals surface area contributed by atoms with Crippen molar-refractivity contribution in [3.63, 3.8) is 0 Å². The molecule has 0 radical (unpaired) electrons. The monoisotopic (exact) mass is 624 g/mol. The van der Waals surface area contributed by atoms with Crippen molar-refractivity contribution in [3.05, 3.63) is 181 Å². The van der Waals surface area contributed by atoms with Crippen LogP contribution in [-0.2, 0) is 0 Å². The quantitative estimate of drug-likeness (QED) is 0.127. The maximum atomic E-state index is 2.63. The highest BCUT2D eigenvalue weighted by Gasteiger charge is 2.41. The maximum Gasteiger partial charge on any atom is 0.00478 e. The minimum atomic E-state index is -0.711. The van der Waals surface area contributed by atoms with Crippen molar-refractivity contribution in [1.82, 2.24) is 0 Å². The molecule has 0 spiro atoms. The average Bonchev–Trinajstić information content (AvgIpc) is 3.09. The molecule has 3 heteroatoms. The fourth-order valence-electron chi connectivity index (χ4n) is 6.10. The molecule has 0 N–H and O–H groups in total. The van der Waals surface area contributed by atoms with Crippen LogP contribution < -0.4 is 31.8 Å². The van der Waals surface area contributed by atoms with Crippen LogP contribution in [0.15, 0.2) is 176 Å². The summed E-state index contributed by atoms with van der Waals surface area (Å²) in [6.07, 6.45) is 2.23. The van der Waals surface area contributed by atoms with Crippen molar-refractivity contribution in [2.45, 2.75) is 19.0 Å². The van der Waals surface area contributed by atoms with E-state index in [4.69, 9.17) is 0 Å². The molecule has 44 heavy (non-hydrogen) atoms. The summed E-state index contributed by atoms with van der Waals surface area (Å²) in [6.45, 7) is 4.93. The molecule has 0 nitrogen and oxygen atoms in total. The van der Waals surface area contributed by atoms with E-state index in [1.807, 2.05) is 0 Å². The fraction of sp³-hybridized carbons (Fsp3) is 0.122. The average molecular weight is 625 g/mol. The van der Waals surface area contributed by atoms with Gasteiger partial charge in [0.05, 0.1) is 0 Å². The molecule has 0 aliphatic carbocycles. The van der Waals surface area contributed by atoms with Crippen molar-refractivity contribution in [2.24, 2.45) is 0 Å². The Kier molecular flexibility index (Phi) is 10.2. The molecule has 0 aromatic heterocycles. The zero-order valence-electron chi connectivity index (χ0n) is 25.5. The predicted octanol–water partition coefficient (Wildman–Crippen LogP) is 8.45. The summed E-state index contributed by atoms with van der Waals surface area (Å²) in [5.41, 5.74) is 1.39. The van der Waals surface area contributed by atoms with Gasteiger partial charge in [0.15, 0.2) is 0 Å². The second kappa shape index (κ2) is 14.6. The zero-order valence-corrected chi connectivity index (χ0v) is 28.2. The third-order valence-electron chi connectivity index (χ3n) is 8.18. The SMILES string of the molecule is Cc1ccccc1P(c1ccccc1)C(C)(CP(c1ccccc1)c1ccccc1)CP(c1ccccc1)c1ccccc1. The van der Waals surface area contributed by atoms with Gasteiger partial charge in [0.25, 0.3) is 0 Å². The van der Waals surface area contributed by atoms with E-state index in [2.05, 4.69) is 190 Å². The molecule has 6 aromatic rings. The molecule has 0 bridgehead atoms. The van der Waals surface area contributed by atoms with Crippen molar-refractivity contribution in [2.75, 3.05) is 12.3 Å². The van der Waals surface area contributed by atoms with Crippen LogP contribution >= 0.6 is 23.8 Å². The Morgan fingerprint density at radius 1 is 0.386 bits per heavy atom. The molecule has 218 valence electrons. The van der Waals surface area contributed by atoms with Crippen molar-refractivity contribution in [3.8, 4) is 0 Å². The molecule has 1 atom stereocenters. The summed E-state index contributed by atoms with van der Waals surface area (Å²) in [5.74, 6) is 0. The van der Waals surface area contributed by atoms with E-state index in [9.17, 15) is 0 Å². The third-order valence-corrected chi connectivity index (χ3v) is 17.6. The van der Waals surface area contributed by atoms with Gasteiger partial charge in [-0.15, -0.1) is 0 Å². The van der Waals surface area contributed by atoms with Crippen molar-refractivity contribution < 1.29 is 0 Å². The van der Waals surface area contributed by atoms with E-state index < -0.39 is 23.8 Å². The van der Waals surface area contributed by atoms with Crippen LogP contribution in [-0.4, -0.2) is 17.5 Å². The van der Waals surface area contributed by atoms with Crippen LogP contribution in [0, 0.1) is 6.92 Å². The standard InChI is InChI=1S/C41H39P3/c1-34-20-18-19-31-40(34)44(39-29-16-7-17-30-39)41(2,32-42(35-21-8-3-9-22-35)36-23-10-4-11-24-36)33-43(37-25-12-5-13-26-37)38-27-14-6-15-28-38/h3-31H,32-33H2,1-2H3. The normalized spacial score (nSPS) is 12.4. The molecule has 0 aliphatic heterocycles. The van der Waals surface area contributed by atoms with Gasteiger partial charge >= 0.3 is 0 Å². The van der Waals surface area contributed by atoms with Gasteiger partial charge in [0.1, 0.15) is 0 Å². The summed E-state index contributed by atoms with van der Waals surface area (Å²) < 4.78 is 0. The summed E-state index contributed by atoms with van der Waals surface area (Å²) in [5, 5.41) is 8.79. The van der Waals surface area contributed by atoms with Gasteiger partial charge < -0.3 is 0 Å². The molecule has 0 fully saturated rings. The molecule has 0 saturated carbocycles. The first-order chi connectivity index (χ1) is 21.6. The van der Waals surface area contributed by atoms with Crippen LogP contribution in [0.25, 0.3) is 0 Å². The van der Waals surface area contributed by atoms with E-state index in [0.717, 1.165) is 12.3 Å². The van der Waals surface area contributed by atoms with Crippen LogP contribution in [0.4, 0.5) is 0 Å². The molecule has 0 amide bonds. The number of benzene rings is 6. The lowest BCUT2D eigenvalue weighted by Crippen LogP contribution is -2.42. The number of hydrogen-bond donors (Lipinski definition) is 0. The lowest BCUT2D eigenvalue weighted by atomic mass is 10.2. The van der Waals surface area contributed by atoms with Gasteiger partial charge in [0, 0.05) is 5.16 Å². The first-order valence-electron chi connectivity index (χ1n) is 15.3. The predicted molar refractivity (Wildman–Crippen MR) is 200 cm³/mol. The van der Waals surface area contributed by atoms with Crippen LogP contribution in [0.5, 0.6) is 0 Å². The lowest BCUT2D eigenvalue weighted by Gasteiger charge is -2.44. The van der Waals surface area contributed by atoms with Crippen molar-refractivity contribution >= 4 is 55.6 Å². The highest BCUT2D eigenvalue weighted by atomic mass is 31.1. The van der Waals surface area contributed by atoms with E-state index in [1.54, 1.807) is 0 Å². The van der Waals surface area contributed by atoms with Gasteiger partial charge in [-0.05, 0) is 80.4 Å². The smallest absolute Gasteiger partial charge is 0.00478 e. The van der Waals surface area contributed by atoms with Crippen molar-refractivity contribution in [1.29, 1.82) is 0 Å². The summed E-state index contributed by atoms with van der Waals surface area (Å²) in [7, 11) is -1.92. The van der Waals surface area contributed by atoms with Crippen LogP contribution in [0.3, 0.4) is 0 Å². The Hall–Kier alpha value is -3.39. The van der Waals surface area contributed by atoms with Gasteiger partial charge in [-0.25, -0.2) is 0 Å². The Balaban J connectivity index is 1.58. The molecular formula is C41H39P3. The minimum Gasteiger partial charge on any atom is -0.0622 e. The Bertz CT molecular complexity index is 1560. The highest BCUT2D eigenvalue weighted by molar-refractivity contribution is 7.79. The molecule has 6 aromatic carbocycles. The van der Waals surface area contributed by atoms with Gasteiger partial charge in [-0.3, -0.25) is 0 Å². The fourth-order valence-corrected chi connectivity index (χ4v) is 15.9. The number of hydrogen-bond acceptors (Lipinski definition) is 0. The lowest BCUT2D eigenvalue weighted by molar-refractivity contribution is 0.813. The molecule has 0 saturated heterocycles. The van der Waals surface area contributed by atoms with E-state index in [1.165, 1.54) is 37.4 Å². The third kappa shape index (κ3) is 7.12. The van der Waals surface area contributed by atoms with E-state index in [-0.39, 0.29) is 5.16 Å². The first-order valence-corrected chi connectivity index (χ1v) is 19.7. The van der Waals surface area contributed by atoms with E-state index >= 15 is 0 Å². The second-order valence-corrected chi connectivity index (χ2v) is 18.6. The Morgan fingerprint density at radius 3 is 1.02 bits per heavy atom. The first kappa shape index (κ1) is 30.6. The summed E-state index contributed by atoms with van der Waals surface area (Å²) in [6, 6.07) is 65.7. The zero-order chi connectivity index (χ0) is 30.2. The highest BCUT2D eigenvalue weighted by Crippen LogP contribution is 2.58. The maximum absolute atomic E-state index is 2.63. The molecular weight excluding hydrogens is 585 g/mol. The largest absolute Gasteiger partial charge is 0.0622 e. The topological polar surface area (TPSA) is 0 Å². The molecule has 6 rings (SSSR count). The van der Waals surface area contributed by atoms with Gasteiger partial charge in [0.2, 0.25) is 0 Å². The molecule has 0 heterocycles. The molecule has 1 unspecified atom stereocenters. The summed E-state index contributed by atoms with van der Waals surface area (Å²) >= 11 is 0. The Morgan fingerprint density at radius 2 is 0.682 bits per heavy atom. The summed E-state index contributed by atoms with van der Waals surface area (Å²) in [4.78, 5) is 0. The van der Waals surface area contributed by atoms with Gasteiger partial charge in [-0.1, -0.05) is 183 Å². The van der Waals surface area contributed by atoms with Crippen LogP contribution in [0.1, 0.15) is 12.5 Å². The van der Waals surface area contributed by atoms with Gasteiger partial charge in [-0.2, -0.15) is 0 Å². The van der Waals surface area contributed by atoms with Crippen LogP contribution in [0.2, 0.25) is 0 Å². The number of rotatable bonds is 11. The molecule has 0 aliphatic rings. The number of aryl methyl sites for hydroxylation is 1.